The van der Waals surface area contributed by atoms with Crippen molar-refractivity contribution in [3.63, 3.8) is 0 Å². The molecule has 1 saturated heterocycles. The SMILES string of the molecule is Cn1ncnc1CC(O)C1CCN(C(=O)OC(C)(C)C)C1. The van der Waals surface area contributed by atoms with Crippen LogP contribution < -0.4 is 0 Å². The molecule has 2 rings (SSSR count). The van der Waals surface area contributed by atoms with Crippen molar-refractivity contribution in [2.45, 2.75) is 45.3 Å². The van der Waals surface area contributed by atoms with Crippen molar-refractivity contribution in [2.24, 2.45) is 13.0 Å². The molecule has 1 aliphatic rings. The molecule has 1 fully saturated rings. The smallest absolute Gasteiger partial charge is 0.410 e. The van der Waals surface area contributed by atoms with Gasteiger partial charge in [0.2, 0.25) is 0 Å². The maximum absolute atomic E-state index is 12.0. The topological polar surface area (TPSA) is 80.5 Å². The molecule has 2 heterocycles. The zero-order valence-electron chi connectivity index (χ0n) is 13.1. The van der Waals surface area contributed by atoms with Crippen molar-refractivity contribution in [1.29, 1.82) is 0 Å². The average Bonchev–Trinajstić information content (AvgIpc) is 2.97. The molecule has 1 aromatic heterocycles. The van der Waals surface area contributed by atoms with Crippen molar-refractivity contribution in [2.75, 3.05) is 13.1 Å². The van der Waals surface area contributed by atoms with E-state index in [2.05, 4.69) is 10.1 Å². The molecule has 1 aromatic rings. The second-order valence-corrected chi connectivity index (χ2v) is 6.55. The Morgan fingerprint density at radius 2 is 2.29 bits per heavy atom. The fourth-order valence-corrected chi connectivity index (χ4v) is 2.45. The van der Waals surface area contributed by atoms with Crippen LogP contribution in [0.2, 0.25) is 0 Å². The summed E-state index contributed by atoms with van der Waals surface area (Å²) in [5.74, 6) is 0.799. The molecule has 0 aliphatic carbocycles. The lowest BCUT2D eigenvalue weighted by atomic mass is 9.99. The maximum Gasteiger partial charge on any atom is 0.410 e. The summed E-state index contributed by atoms with van der Waals surface area (Å²) in [5.41, 5.74) is -0.494. The molecule has 7 heteroatoms. The van der Waals surface area contributed by atoms with E-state index in [1.807, 2.05) is 20.8 Å². The van der Waals surface area contributed by atoms with Gasteiger partial charge in [0.25, 0.3) is 0 Å². The average molecular weight is 296 g/mol. The molecule has 118 valence electrons. The lowest BCUT2D eigenvalue weighted by Gasteiger charge is -2.25. The minimum atomic E-state index is -0.527. The summed E-state index contributed by atoms with van der Waals surface area (Å²) >= 11 is 0. The molecular weight excluding hydrogens is 272 g/mol. The number of carbonyl (C=O) groups excluding carboxylic acids is 1. The van der Waals surface area contributed by atoms with Crippen molar-refractivity contribution >= 4 is 6.09 Å². The van der Waals surface area contributed by atoms with Crippen LogP contribution in [-0.4, -0.2) is 55.7 Å². The summed E-state index contributed by atoms with van der Waals surface area (Å²) in [4.78, 5) is 17.8. The number of aliphatic hydroxyl groups excluding tert-OH is 1. The molecular formula is C14H24N4O3. The Bertz CT molecular complexity index is 495. The molecule has 1 N–H and O–H groups in total. The lowest BCUT2D eigenvalue weighted by molar-refractivity contribution is 0.0268. The molecule has 2 atom stereocenters. The Labute approximate surface area is 124 Å². The predicted molar refractivity (Wildman–Crippen MR) is 76.6 cm³/mol. The summed E-state index contributed by atoms with van der Waals surface area (Å²) in [6.07, 6.45) is 1.86. The largest absolute Gasteiger partial charge is 0.444 e. The molecule has 21 heavy (non-hydrogen) atoms. The number of carbonyl (C=O) groups is 1. The first kappa shape index (κ1) is 15.8. The van der Waals surface area contributed by atoms with Gasteiger partial charge in [0.05, 0.1) is 6.10 Å². The first-order valence-corrected chi connectivity index (χ1v) is 7.25. The van der Waals surface area contributed by atoms with E-state index in [1.54, 1.807) is 16.6 Å². The van der Waals surface area contributed by atoms with Crippen LogP contribution in [0, 0.1) is 5.92 Å². The number of amides is 1. The van der Waals surface area contributed by atoms with E-state index in [9.17, 15) is 9.90 Å². The van der Waals surface area contributed by atoms with E-state index in [-0.39, 0.29) is 12.0 Å². The van der Waals surface area contributed by atoms with Gasteiger partial charge >= 0.3 is 6.09 Å². The van der Waals surface area contributed by atoms with Gasteiger partial charge in [-0.2, -0.15) is 5.10 Å². The number of aliphatic hydroxyl groups is 1. The fourth-order valence-electron chi connectivity index (χ4n) is 2.45. The highest BCUT2D eigenvalue weighted by Crippen LogP contribution is 2.23. The minimum Gasteiger partial charge on any atom is -0.444 e. The second kappa shape index (κ2) is 6.01. The number of likely N-dealkylation sites (tertiary alicyclic amines) is 1. The number of hydrogen-bond acceptors (Lipinski definition) is 5. The monoisotopic (exact) mass is 296 g/mol. The van der Waals surface area contributed by atoms with Crippen LogP contribution in [0.4, 0.5) is 4.79 Å². The van der Waals surface area contributed by atoms with Crippen LogP contribution >= 0.6 is 0 Å². The number of nitrogens with zero attached hydrogens (tertiary/aromatic N) is 4. The van der Waals surface area contributed by atoms with Gasteiger partial charge in [0.1, 0.15) is 17.8 Å². The van der Waals surface area contributed by atoms with Gasteiger partial charge in [-0.1, -0.05) is 0 Å². The first-order valence-electron chi connectivity index (χ1n) is 7.25. The molecule has 1 amide bonds. The predicted octanol–water partition coefficient (Wildman–Crippen LogP) is 0.975. The molecule has 0 spiro atoms. The van der Waals surface area contributed by atoms with Crippen molar-refractivity contribution < 1.29 is 14.6 Å². The van der Waals surface area contributed by atoms with Crippen LogP contribution in [0.15, 0.2) is 6.33 Å². The summed E-state index contributed by atoms with van der Waals surface area (Å²) in [7, 11) is 1.80. The molecule has 0 bridgehead atoms. The van der Waals surface area contributed by atoms with Gasteiger partial charge in [0, 0.05) is 32.5 Å². The Morgan fingerprint density at radius 1 is 1.57 bits per heavy atom. The van der Waals surface area contributed by atoms with E-state index in [0.29, 0.717) is 19.5 Å². The van der Waals surface area contributed by atoms with E-state index >= 15 is 0 Å². The van der Waals surface area contributed by atoms with Crippen molar-refractivity contribution in [1.82, 2.24) is 19.7 Å². The zero-order chi connectivity index (χ0) is 15.6. The summed E-state index contributed by atoms with van der Waals surface area (Å²) in [6.45, 7) is 6.69. The van der Waals surface area contributed by atoms with Gasteiger partial charge in [-0.25, -0.2) is 9.78 Å². The molecule has 0 radical (unpaired) electrons. The molecule has 0 aromatic carbocycles. The van der Waals surface area contributed by atoms with E-state index < -0.39 is 11.7 Å². The standard InChI is InChI=1S/C14H24N4O3/c1-14(2,3)21-13(20)18-6-5-10(8-18)11(19)7-12-15-9-16-17(12)4/h9-11,19H,5-8H2,1-4H3. The highest BCUT2D eigenvalue weighted by atomic mass is 16.6. The Hall–Kier alpha value is -1.63. The number of rotatable bonds is 3. The number of ether oxygens (including phenoxy) is 1. The second-order valence-electron chi connectivity index (χ2n) is 6.55. The molecule has 7 nitrogen and oxygen atoms in total. The van der Waals surface area contributed by atoms with E-state index in [4.69, 9.17) is 4.74 Å². The highest BCUT2D eigenvalue weighted by Gasteiger charge is 2.33. The quantitative estimate of drug-likeness (QED) is 0.899. The van der Waals surface area contributed by atoms with Crippen LogP contribution in [0.3, 0.4) is 0 Å². The van der Waals surface area contributed by atoms with E-state index in [0.717, 1.165) is 12.2 Å². The van der Waals surface area contributed by atoms with E-state index in [1.165, 1.54) is 6.33 Å². The Morgan fingerprint density at radius 3 is 2.86 bits per heavy atom. The van der Waals surface area contributed by atoms with Gasteiger partial charge in [-0.15, -0.1) is 0 Å². The van der Waals surface area contributed by atoms with Gasteiger partial charge in [-0.3, -0.25) is 4.68 Å². The third kappa shape index (κ3) is 4.17. The summed E-state index contributed by atoms with van der Waals surface area (Å²) in [6, 6.07) is 0. The molecule has 2 unspecified atom stereocenters. The third-order valence-electron chi connectivity index (χ3n) is 3.62. The Balaban J connectivity index is 1.87. The first-order chi connectivity index (χ1) is 9.76. The number of hydrogen-bond donors (Lipinski definition) is 1. The number of aryl methyl sites for hydroxylation is 1. The normalized spacial score (nSPS) is 20.6. The van der Waals surface area contributed by atoms with Crippen LogP contribution in [-0.2, 0) is 18.2 Å². The van der Waals surface area contributed by atoms with Gasteiger partial charge < -0.3 is 14.7 Å². The number of aromatic nitrogens is 3. The maximum atomic E-state index is 12.0. The van der Waals surface area contributed by atoms with Crippen LogP contribution in [0.5, 0.6) is 0 Å². The minimum absolute atomic E-state index is 0.0502. The van der Waals surface area contributed by atoms with Gasteiger partial charge in [0.15, 0.2) is 0 Å². The summed E-state index contributed by atoms with van der Waals surface area (Å²) < 4.78 is 7.01. The third-order valence-corrected chi connectivity index (χ3v) is 3.62. The molecule has 1 aliphatic heterocycles. The van der Waals surface area contributed by atoms with Crippen LogP contribution in [0.1, 0.15) is 33.0 Å². The van der Waals surface area contributed by atoms with Crippen molar-refractivity contribution in [3.8, 4) is 0 Å². The zero-order valence-corrected chi connectivity index (χ0v) is 13.1. The van der Waals surface area contributed by atoms with Crippen LogP contribution in [0.25, 0.3) is 0 Å². The fraction of sp³-hybridized carbons (Fsp3) is 0.786. The van der Waals surface area contributed by atoms with Gasteiger partial charge in [-0.05, 0) is 27.2 Å². The molecule has 0 saturated carbocycles. The van der Waals surface area contributed by atoms with Crippen molar-refractivity contribution in [3.05, 3.63) is 12.2 Å². The lowest BCUT2D eigenvalue weighted by Crippen LogP contribution is -2.36. The highest BCUT2D eigenvalue weighted by molar-refractivity contribution is 5.68. The Kier molecular flexibility index (Phi) is 4.51. The summed E-state index contributed by atoms with van der Waals surface area (Å²) in [5, 5.41) is 14.3.